The van der Waals surface area contributed by atoms with Crippen molar-refractivity contribution in [1.29, 1.82) is 0 Å². The topological polar surface area (TPSA) is 3.24 Å². The van der Waals surface area contributed by atoms with Gasteiger partial charge in [-0.25, -0.2) is 0 Å². The fraction of sp³-hybridized carbons (Fsp3) is 0.833. The van der Waals surface area contributed by atoms with Crippen molar-refractivity contribution in [3.05, 3.63) is 12.2 Å². The molecule has 0 amide bonds. The zero-order chi connectivity index (χ0) is 8.67. The van der Waals surface area contributed by atoms with Gasteiger partial charge in [0.05, 0.1) is 0 Å². The molecule has 0 aromatic heterocycles. The van der Waals surface area contributed by atoms with Crippen molar-refractivity contribution in [3.8, 4) is 0 Å². The summed E-state index contributed by atoms with van der Waals surface area (Å²) in [5.74, 6) is 1.05. The third-order valence-electron chi connectivity index (χ3n) is 4.15. The van der Waals surface area contributed by atoms with Crippen molar-refractivity contribution >= 4 is 0 Å². The Morgan fingerprint density at radius 2 is 2.08 bits per heavy atom. The third kappa shape index (κ3) is 1.34. The number of hydrogen-bond acceptors (Lipinski definition) is 1. The van der Waals surface area contributed by atoms with Gasteiger partial charge in [-0.1, -0.05) is 18.6 Å². The Labute approximate surface area is 80.8 Å². The second-order valence-corrected chi connectivity index (χ2v) is 4.96. The highest BCUT2D eigenvalue weighted by molar-refractivity contribution is 5.08. The van der Waals surface area contributed by atoms with Gasteiger partial charge in [0.15, 0.2) is 0 Å². The first-order valence-electron chi connectivity index (χ1n) is 5.86. The van der Waals surface area contributed by atoms with Gasteiger partial charge in [-0.2, -0.15) is 0 Å². The average molecular weight is 177 g/mol. The Morgan fingerprint density at radius 3 is 2.77 bits per heavy atom. The first kappa shape index (κ1) is 8.05. The molecule has 3 aliphatic rings. The minimum absolute atomic E-state index is 0.819. The molecule has 2 heterocycles. The van der Waals surface area contributed by atoms with Gasteiger partial charge in [-0.05, 0) is 38.0 Å². The van der Waals surface area contributed by atoms with Crippen LogP contribution in [0, 0.1) is 5.92 Å². The van der Waals surface area contributed by atoms with Crippen LogP contribution in [0.25, 0.3) is 0 Å². The molecule has 1 heteroatoms. The predicted octanol–water partition coefficient (Wildman–Crippen LogP) is 2.58. The van der Waals surface area contributed by atoms with Crippen LogP contribution in [0.1, 0.15) is 38.5 Å². The van der Waals surface area contributed by atoms with Gasteiger partial charge in [-0.15, -0.1) is 0 Å². The second-order valence-electron chi connectivity index (χ2n) is 4.96. The molecule has 0 aromatic carbocycles. The Morgan fingerprint density at radius 1 is 1.15 bits per heavy atom. The molecule has 0 aromatic rings. The average Bonchev–Trinajstić information content (AvgIpc) is 2.33. The van der Waals surface area contributed by atoms with Crippen molar-refractivity contribution in [3.63, 3.8) is 0 Å². The van der Waals surface area contributed by atoms with E-state index in [1.807, 2.05) is 0 Å². The molecular formula is C12H19N. The van der Waals surface area contributed by atoms with Crippen LogP contribution in [0.5, 0.6) is 0 Å². The number of fused-ring (bicyclic) bond motifs is 2. The molecule has 2 bridgehead atoms. The lowest BCUT2D eigenvalue weighted by atomic mass is 9.84. The van der Waals surface area contributed by atoms with Crippen LogP contribution in [-0.2, 0) is 0 Å². The predicted molar refractivity (Wildman–Crippen MR) is 54.6 cm³/mol. The van der Waals surface area contributed by atoms with Gasteiger partial charge in [0.25, 0.3) is 0 Å². The quantitative estimate of drug-likeness (QED) is 0.586. The van der Waals surface area contributed by atoms with Gasteiger partial charge >= 0.3 is 0 Å². The molecule has 2 aliphatic heterocycles. The lowest BCUT2D eigenvalue weighted by molar-refractivity contribution is 0.139. The van der Waals surface area contributed by atoms with E-state index in [4.69, 9.17) is 0 Å². The first-order chi connectivity index (χ1) is 6.43. The summed E-state index contributed by atoms with van der Waals surface area (Å²) >= 11 is 0. The molecule has 0 radical (unpaired) electrons. The Kier molecular flexibility index (Phi) is 1.93. The molecule has 0 N–H and O–H groups in total. The molecule has 3 rings (SSSR count). The van der Waals surface area contributed by atoms with Crippen molar-refractivity contribution in [2.75, 3.05) is 6.54 Å². The molecule has 13 heavy (non-hydrogen) atoms. The maximum Gasteiger partial charge on any atom is 0.0281 e. The van der Waals surface area contributed by atoms with Crippen molar-refractivity contribution in [1.82, 2.24) is 4.90 Å². The van der Waals surface area contributed by atoms with Crippen molar-refractivity contribution < 1.29 is 0 Å². The maximum atomic E-state index is 2.78. The standard InChI is InChI=1S/C12H19N/c1-3-10(4-1)9-13-11-5-2-6-12(13)8-7-11/h2,5,10-12H,1,3-4,6-9H2. The highest BCUT2D eigenvalue weighted by atomic mass is 15.2. The fourth-order valence-electron chi connectivity index (χ4n) is 3.08. The largest absolute Gasteiger partial charge is 0.293 e. The molecule has 1 saturated carbocycles. The highest BCUT2D eigenvalue weighted by Gasteiger charge is 2.35. The van der Waals surface area contributed by atoms with E-state index in [0.717, 1.165) is 18.0 Å². The number of rotatable bonds is 2. The van der Waals surface area contributed by atoms with Crippen LogP contribution in [0.3, 0.4) is 0 Å². The van der Waals surface area contributed by atoms with E-state index in [0.29, 0.717) is 0 Å². The zero-order valence-electron chi connectivity index (χ0n) is 8.28. The molecule has 1 nitrogen and oxygen atoms in total. The third-order valence-corrected chi connectivity index (χ3v) is 4.15. The molecular weight excluding hydrogens is 158 g/mol. The minimum atomic E-state index is 0.819. The van der Waals surface area contributed by atoms with E-state index in [9.17, 15) is 0 Å². The smallest absolute Gasteiger partial charge is 0.0281 e. The number of nitrogens with zero attached hydrogens (tertiary/aromatic N) is 1. The van der Waals surface area contributed by atoms with Crippen LogP contribution < -0.4 is 0 Å². The Bertz CT molecular complexity index is 217. The monoisotopic (exact) mass is 177 g/mol. The zero-order valence-corrected chi connectivity index (χ0v) is 8.28. The lowest BCUT2D eigenvalue weighted by Crippen LogP contribution is -2.41. The highest BCUT2D eigenvalue weighted by Crippen LogP contribution is 2.35. The van der Waals surface area contributed by atoms with E-state index < -0.39 is 0 Å². The van der Waals surface area contributed by atoms with Crippen LogP contribution in [-0.4, -0.2) is 23.5 Å². The second kappa shape index (κ2) is 3.13. The lowest BCUT2D eigenvalue weighted by Gasteiger charge is -2.37. The van der Waals surface area contributed by atoms with Crippen molar-refractivity contribution in [2.45, 2.75) is 50.6 Å². The van der Waals surface area contributed by atoms with E-state index >= 15 is 0 Å². The molecule has 1 aliphatic carbocycles. The van der Waals surface area contributed by atoms with E-state index in [1.54, 1.807) is 0 Å². The Hall–Kier alpha value is -0.300. The minimum Gasteiger partial charge on any atom is -0.293 e. The molecule has 2 fully saturated rings. The van der Waals surface area contributed by atoms with E-state index in [1.165, 1.54) is 45.1 Å². The summed E-state index contributed by atoms with van der Waals surface area (Å²) in [4.78, 5) is 2.78. The summed E-state index contributed by atoms with van der Waals surface area (Å²) < 4.78 is 0. The maximum absolute atomic E-state index is 2.78. The van der Waals surface area contributed by atoms with Gasteiger partial charge in [0.1, 0.15) is 0 Å². The SMILES string of the molecule is C1=CC2CCC(C1)N2CC1CCC1. The van der Waals surface area contributed by atoms with E-state index in [2.05, 4.69) is 17.1 Å². The molecule has 72 valence electrons. The van der Waals surface area contributed by atoms with Crippen LogP contribution in [0.4, 0.5) is 0 Å². The molecule has 0 spiro atoms. The van der Waals surface area contributed by atoms with Gasteiger partial charge in [-0.3, -0.25) is 4.90 Å². The summed E-state index contributed by atoms with van der Waals surface area (Å²) in [6, 6.07) is 1.73. The van der Waals surface area contributed by atoms with Gasteiger partial charge < -0.3 is 0 Å². The fourth-order valence-corrected chi connectivity index (χ4v) is 3.08. The van der Waals surface area contributed by atoms with E-state index in [-0.39, 0.29) is 0 Å². The normalized spacial score (nSPS) is 39.4. The summed E-state index contributed by atoms with van der Waals surface area (Å²) in [5, 5.41) is 0. The number of hydrogen-bond donors (Lipinski definition) is 0. The molecule has 2 atom stereocenters. The van der Waals surface area contributed by atoms with Crippen LogP contribution >= 0.6 is 0 Å². The molecule has 2 unspecified atom stereocenters. The summed E-state index contributed by atoms with van der Waals surface area (Å²) in [7, 11) is 0. The van der Waals surface area contributed by atoms with Gasteiger partial charge in [0, 0.05) is 18.6 Å². The summed E-state index contributed by atoms with van der Waals surface area (Å²) in [6.45, 7) is 1.40. The summed E-state index contributed by atoms with van der Waals surface area (Å²) in [6.07, 6.45) is 13.5. The van der Waals surface area contributed by atoms with Gasteiger partial charge in [0.2, 0.25) is 0 Å². The summed E-state index contributed by atoms with van der Waals surface area (Å²) in [5.41, 5.74) is 0. The Balaban J connectivity index is 1.66. The van der Waals surface area contributed by atoms with Crippen LogP contribution in [0.15, 0.2) is 12.2 Å². The van der Waals surface area contributed by atoms with Crippen LogP contribution in [0.2, 0.25) is 0 Å². The first-order valence-corrected chi connectivity index (χ1v) is 5.86. The molecule has 1 saturated heterocycles. The van der Waals surface area contributed by atoms with Crippen molar-refractivity contribution in [2.24, 2.45) is 5.92 Å².